The lowest BCUT2D eigenvalue weighted by molar-refractivity contribution is -0.119. The number of hydrogen-bond acceptors (Lipinski definition) is 6. The first kappa shape index (κ1) is 24.5. The van der Waals surface area contributed by atoms with Crippen LogP contribution < -0.4 is 10.0 Å². The van der Waals surface area contributed by atoms with E-state index in [-0.39, 0.29) is 16.9 Å². The third-order valence-electron chi connectivity index (χ3n) is 4.84. The normalized spacial score (nSPS) is 10.7. The maximum absolute atomic E-state index is 12.9. The Bertz CT molecular complexity index is 1360. The zero-order valence-corrected chi connectivity index (χ0v) is 19.5. The van der Waals surface area contributed by atoms with Crippen molar-refractivity contribution in [1.29, 1.82) is 5.26 Å². The number of anilines is 2. The number of nitrogens with one attached hydrogen (secondary N) is 2. The predicted octanol–water partition coefficient (Wildman–Crippen LogP) is 3.97. The number of esters is 1. The highest BCUT2D eigenvalue weighted by Gasteiger charge is 2.20. The quantitative estimate of drug-likeness (QED) is 0.473. The predicted molar refractivity (Wildman–Crippen MR) is 128 cm³/mol. The Labute approximate surface area is 198 Å². The van der Waals surface area contributed by atoms with E-state index in [1.165, 1.54) is 18.2 Å². The smallest absolute Gasteiger partial charge is 0.338 e. The van der Waals surface area contributed by atoms with Crippen LogP contribution in [0, 0.1) is 25.2 Å². The van der Waals surface area contributed by atoms with Gasteiger partial charge < -0.3 is 10.1 Å². The molecule has 0 atom stereocenters. The Balaban J connectivity index is 1.65. The molecule has 0 radical (unpaired) electrons. The molecular weight excluding hydrogens is 454 g/mol. The fourth-order valence-corrected chi connectivity index (χ4v) is 4.47. The SMILES string of the molecule is Cc1cccc(NS(=O)(=O)c2cc(C(=O)OCC(=O)Nc3ccc(CC#N)cc3)ccc2C)c1. The summed E-state index contributed by atoms with van der Waals surface area (Å²) in [7, 11) is -3.95. The van der Waals surface area contributed by atoms with Crippen molar-refractivity contribution < 1.29 is 22.7 Å². The minimum atomic E-state index is -3.95. The molecule has 0 heterocycles. The number of hydrogen-bond donors (Lipinski definition) is 2. The molecule has 34 heavy (non-hydrogen) atoms. The zero-order chi connectivity index (χ0) is 24.7. The van der Waals surface area contributed by atoms with Crippen LogP contribution in [-0.4, -0.2) is 26.9 Å². The molecule has 2 N–H and O–H groups in total. The van der Waals surface area contributed by atoms with Crippen LogP contribution >= 0.6 is 0 Å². The fraction of sp³-hybridized carbons (Fsp3) is 0.160. The van der Waals surface area contributed by atoms with Crippen molar-refractivity contribution in [2.75, 3.05) is 16.6 Å². The maximum atomic E-state index is 12.9. The second-order valence-electron chi connectivity index (χ2n) is 7.61. The minimum Gasteiger partial charge on any atom is -0.452 e. The van der Waals surface area contributed by atoms with E-state index in [1.54, 1.807) is 49.4 Å². The van der Waals surface area contributed by atoms with Gasteiger partial charge in [-0.25, -0.2) is 13.2 Å². The highest BCUT2D eigenvalue weighted by Crippen LogP contribution is 2.22. The van der Waals surface area contributed by atoms with Gasteiger partial charge in [0.05, 0.1) is 22.9 Å². The number of carbonyl (C=O) groups is 2. The number of aryl methyl sites for hydroxylation is 2. The Morgan fingerprint density at radius 2 is 1.71 bits per heavy atom. The van der Waals surface area contributed by atoms with E-state index < -0.39 is 28.5 Å². The molecule has 0 saturated heterocycles. The van der Waals surface area contributed by atoms with Crippen LogP contribution in [0.3, 0.4) is 0 Å². The van der Waals surface area contributed by atoms with Crippen molar-refractivity contribution in [1.82, 2.24) is 0 Å². The standard InChI is InChI=1S/C25H23N3O5S/c1-17-4-3-5-22(14-17)28-34(31,32)23-15-20(9-6-18(23)2)25(30)33-16-24(29)27-21-10-7-19(8-11-21)12-13-26/h3-11,14-15,28H,12,16H2,1-2H3,(H,27,29). The van der Waals surface area contributed by atoms with Gasteiger partial charge in [-0.1, -0.05) is 30.3 Å². The van der Waals surface area contributed by atoms with E-state index in [4.69, 9.17) is 10.00 Å². The molecule has 0 aliphatic heterocycles. The van der Waals surface area contributed by atoms with Gasteiger partial charge in [0.2, 0.25) is 0 Å². The zero-order valence-electron chi connectivity index (χ0n) is 18.7. The third kappa shape index (κ3) is 6.43. The molecule has 3 aromatic rings. The van der Waals surface area contributed by atoms with E-state index in [0.29, 0.717) is 16.9 Å². The third-order valence-corrected chi connectivity index (χ3v) is 6.36. The highest BCUT2D eigenvalue weighted by molar-refractivity contribution is 7.92. The topological polar surface area (TPSA) is 125 Å². The maximum Gasteiger partial charge on any atom is 0.338 e. The largest absolute Gasteiger partial charge is 0.452 e. The monoisotopic (exact) mass is 477 g/mol. The number of amides is 1. The number of benzene rings is 3. The Morgan fingerprint density at radius 1 is 0.971 bits per heavy atom. The molecule has 3 rings (SSSR count). The lowest BCUT2D eigenvalue weighted by Crippen LogP contribution is -2.21. The number of sulfonamides is 1. The van der Waals surface area contributed by atoms with Crippen LogP contribution in [0.25, 0.3) is 0 Å². The molecule has 0 unspecified atom stereocenters. The van der Waals surface area contributed by atoms with Crippen molar-refractivity contribution in [3.05, 3.63) is 89.0 Å². The van der Waals surface area contributed by atoms with Gasteiger partial charge in [-0.15, -0.1) is 0 Å². The molecule has 0 aliphatic rings. The molecule has 1 amide bonds. The van der Waals surface area contributed by atoms with Gasteiger partial charge in [0.15, 0.2) is 6.61 Å². The van der Waals surface area contributed by atoms with E-state index in [1.807, 2.05) is 19.1 Å². The van der Waals surface area contributed by atoms with Crippen LogP contribution in [0.2, 0.25) is 0 Å². The van der Waals surface area contributed by atoms with Crippen molar-refractivity contribution in [2.24, 2.45) is 0 Å². The molecule has 0 spiro atoms. The van der Waals surface area contributed by atoms with Crippen molar-refractivity contribution >= 4 is 33.3 Å². The second-order valence-corrected chi connectivity index (χ2v) is 9.26. The molecular formula is C25H23N3O5S. The van der Waals surface area contributed by atoms with Gasteiger partial charge in [-0.05, 0) is 66.9 Å². The van der Waals surface area contributed by atoms with E-state index in [0.717, 1.165) is 11.1 Å². The number of rotatable bonds is 8. The first-order chi connectivity index (χ1) is 16.2. The summed E-state index contributed by atoms with van der Waals surface area (Å²) in [6.07, 6.45) is 0.264. The van der Waals surface area contributed by atoms with Crippen molar-refractivity contribution in [3.63, 3.8) is 0 Å². The average Bonchev–Trinajstić information content (AvgIpc) is 2.79. The lowest BCUT2D eigenvalue weighted by atomic mass is 10.1. The second kappa shape index (κ2) is 10.6. The first-order valence-corrected chi connectivity index (χ1v) is 11.8. The Kier molecular flexibility index (Phi) is 7.66. The van der Waals surface area contributed by atoms with Crippen molar-refractivity contribution in [2.45, 2.75) is 25.2 Å². The summed E-state index contributed by atoms with van der Waals surface area (Å²) in [4.78, 5) is 24.5. The molecule has 3 aromatic carbocycles. The summed E-state index contributed by atoms with van der Waals surface area (Å²) >= 11 is 0. The van der Waals surface area contributed by atoms with Gasteiger partial charge in [0.1, 0.15) is 0 Å². The van der Waals surface area contributed by atoms with Gasteiger partial charge in [-0.3, -0.25) is 9.52 Å². The van der Waals surface area contributed by atoms with Crippen LogP contribution in [0.4, 0.5) is 11.4 Å². The Morgan fingerprint density at radius 3 is 2.38 bits per heavy atom. The summed E-state index contributed by atoms with van der Waals surface area (Å²) in [5.74, 6) is -1.38. The number of carbonyl (C=O) groups excluding carboxylic acids is 2. The summed E-state index contributed by atoms with van der Waals surface area (Å²) in [6.45, 7) is 2.92. The summed E-state index contributed by atoms with van der Waals surface area (Å²) in [6, 6.07) is 19.8. The van der Waals surface area contributed by atoms with Crippen LogP contribution in [0.15, 0.2) is 71.6 Å². The first-order valence-electron chi connectivity index (χ1n) is 10.3. The fourth-order valence-electron chi connectivity index (χ4n) is 3.14. The van der Waals surface area contributed by atoms with Gasteiger partial charge in [0.25, 0.3) is 15.9 Å². The molecule has 9 heteroatoms. The van der Waals surface area contributed by atoms with E-state index in [2.05, 4.69) is 10.0 Å². The highest BCUT2D eigenvalue weighted by atomic mass is 32.2. The molecule has 174 valence electrons. The lowest BCUT2D eigenvalue weighted by Gasteiger charge is -2.12. The van der Waals surface area contributed by atoms with Gasteiger partial charge in [0, 0.05) is 11.4 Å². The molecule has 8 nitrogen and oxygen atoms in total. The number of nitriles is 1. The number of nitrogens with zero attached hydrogens (tertiary/aromatic N) is 1. The molecule has 0 aliphatic carbocycles. The van der Waals surface area contributed by atoms with Crippen LogP contribution in [0.1, 0.15) is 27.0 Å². The van der Waals surface area contributed by atoms with Gasteiger partial charge >= 0.3 is 5.97 Å². The van der Waals surface area contributed by atoms with E-state index in [9.17, 15) is 18.0 Å². The van der Waals surface area contributed by atoms with E-state index >= 15 is 0 Å². The minimum absolute atomic E-state index is 0.00359. The number of ether oxygens (including phenoxy) is 1. The van der Waals surface area contributed by atoms with Crippen molar-refractivity contribution in [3.8, 4) is 6.07 Å². The average molecular weight is 478 g/mol. The molecule has 0 bridgehead atoms. The van der Waals surface area contributed by atoms with Gasteiger partial charge in [-0.2, -0.15) is 5.26 Å². The summed E-state index contributed by atoms with van der Waals surface area (Å²) < 4.78 is 33.4. The summed E-state index contributed by atoms with van der Waals surface area (Å²) in [5.41, 5.74) is 3.07. The van der Waals surface area contributed by atoms with Crippen LogP contribution in [0.5, 0.6) is 0 Å². The molecule has 0 fully saturated rings. The molecule has 0 saturated carbocycles. The molecule has 0 aromatic heterocycles. The summed E-state index contributed by atoms with van der Waals surface area (Å²) in [5, 5.41) is 11.3. The Hall–Kier alpha value is -4.16. The van der Waals surface area contributed by atoms with Crippen LogP contribution in [-0.2, 0) is 26.0 Å².